The molecule has 0 fully saturated rings. The first-order chi connectivity index (χ1) is 6.22. The van der Waals surface area contributed by atoms with Crippen molar-refractivity contribution in [2.24, 2.45) is 0 Å². The molecule has 0 aliphatic carbocycles. The van der Waals surface area contributed by atoms with Gasteiger partial charge in [0.05, 0.1) is 5.02 Å². The van der Waals surface area contributed by atoms with Crippen LogP contribution in [0.3, 0.4) is 0 Å². The number of amides is 1. The second-order valence-electron chi connectivity index (χ2n) is 2.35. The van der Waals surface area contributed by atoms with Crippen LogP contribution in [0.1, 0.15) is 6.92 Å². The molecule has 1 aromatic heterocycles. The normalized spacial score (nSPS) is 10.3. The summed E-state index contributed by atoms with van der Waals surface area (Å²) in [6.07, 6.45) is 4.56. The molecule has 68 valence electrons. The highest BCUT2D eigenvalue weighted by molar-refractivity contribution is 6.30. The molecule has 0 aromatic carbocycles. The van der Waals surface area contributed by atoms with E-state index in [-0.39, 0.29) is 5.91 Å². The zero-order valence-electron chi connectivity index (χ0n) is 7.12. The van der Waals surface area contributed by atoms with Gasteiger partial charge < -0.3 is 5.32 Å². The van der Waals surface area contributed by atoms with Gasteiger partial charge >= 0.3 is 0 Å². The van der Waals surface area contributed by atoms with Crippen molar-refractivity contribution < 1.29 is 4.79 Å². The summed E-state index contributed by atoms with van der Waals surface area (Å²) < 4.78 is 0. The van der Waals surface area contributed by atoms with E-state index in [9.17, 15) is 4.79 Å². The maximum atomic E-state index is 11.0. The van der Waals surface area contributed by atoms with E-state index in [1.165, 1.54) is 12.3 Å². The largest absolute Gasteiger partial charge is 0.307 e. The van der Waals surface area contributed by atoms with Crippen LogP contribution in [0.4, 0.5) is 5.82 Å². The molecule has 0 saturated carbocycles. The second kappa shape index (κ2) is 4.62. The number of carbonyl (C=O) groups is 1. The Bertz CT molecular complexity index is 319. The molecule has 1 amide bonds. The zero-order chi connectivity index (χ0) is 9.68. The highest BCUT2D eigenvalue weighted by Crippen LogP contribution is 2.09. The molecular formula is C9H9ClN2O. The van der Waals surface area contributed by atoms with Crippen molar-refractivity contribution in [3.63, 3.8) is 0 Å². The Morgan fingerprint density at radius 1 is 1.62 bits per heavy atom. The highest BCUT2D eigenvalue weighted by Gasteiger charge is 1.97. The van der Waals surface area contributed by atoms with E-state index < -0.39 is 0 Å². The van der Waals surface area contributed by atoms with Gasteiger partial charge in [0.1, 0.15) is 5.82 Å². The molecule has 0 saturated heterocycles. The summed E-state index contributed by atoms with van der Waals surface area (Å²) in [4.78, 5) is 14.9. The molecule has 0 aliphatic rings. The lowest BCUT2D eigenvalue weighted by molar-refractivity contribution is -0.111. The van der Waals surface area contributed by atoms with Gasteiger partial charge in [-0.15, -0.1) is 0 Å². The predicted octanol–water partition coefficient (Wildman–Crippen LogP) is 2.25. The fourth-order valence-corrected chi connectivity index (χ4v) is 0.881. The SMILES string of the molecule is CC=CC(=O)Nc1ccc(Cl)cn1. The van der Waals surface area contributed by atoms with Gasteiger partial charge in [0, 0.05) is 6.20 Å². The summed E-state index contributed by atoms with van der Waals surface area (Å²) in [5, 5.41) is 3.12. The number of nitrogens with zero attached hydrogens (tertiary/aromatic N) is 1. The van der Waals surface area contributed by atoms with Crippen LogP contribution in [0, 0.1) is 0 Å². The van der Waals surface area contributed by atoms with Gasteiger partial charge in [0.25, 0.3) is 0 Å². The topological polar surface area (TPSA) is 42.0 Å². The molecule has 0 bridgehead atoms. The number of hydrogen-bond acceptors (Lipinski definition) is 2. The Morgan fingerprint density at radius 2 is 2.38 bits per heavy atom. The van der Waals surface area contributed by atoms with Crippen LogP contribution in [0.25, 0.3) is 0 Å². The fraction of sp³-hybridized carbons (Fsp3) is 0.111. The van der Waals surface area contributed by atoms with Crippen LogP contribution in [0.5, 0.6) is 0 Å². The Balaban J connectivity index is 2.64. The Morgan fingerprint density at radius 3 is 2.92 bits per heavy atom. The summed E-state index contributed by atoms with van der Waals surface area (Å²) in [6, 6.07) is 3.31. The number of hydrogen-bond donors (Lipinski definition) is 1. The molecule has 3 nitrogen and oxygen atoms in total. The van der Waals surface area contributed by atoms with Gasteiger partial charge in [0.2, 0.25) is 5.91 Å². The monoisotopic (exact) mass is 196 g/mol. The predicted molar refractivity (Wildman–Crippen MR) is 52.7 cm³/mol. The maximum Gasteiger partial charge on any atom is 0.249 e. The van der Waals surface area contributed by atoms with Crippen LogP contribution >= 0.6 is 11.6 Å². The second-order valence-corrected chi connectivity index (χ2v) is 2.79. The third-order valence-corrected chi connectivity index (χ3v) is 1.52. The molecule has 13 heavy (non-hydrogen) atoms. The van der Waals surface area contributed by atoms with Crippen LogP contribution in [-0.4, -0.2) is 10.9 Å². The van der Waals surface area contributed by atoms with Crippen molar-refractivity contribution >= 4 is 23.3 Å². The lowest BCUT2D eigenvalue weighted by Gasteiger charge is -1.99. The Hall–Kier alpha value is -1.35. The van der Waals surface area contributed by atoms with E-state index in [4.69, 9.17) is 11.6 Å². The molecule has 0 unspecified atom stereocenters. The molecule has 0 atom stereocenters. The molecular weight excluding hydrogens is 188 g/mol. The van der Waals surface area contributed by atoms with Crippen LogP contribution in [-0.2, 0) is 4.79 Å². The average Bonchev–Trinajstić information content (AvgIpc) is 2.09. The van der Waals surface area contributed by atoms with Gasteiger partial charge in [-0.25, -0.2) is 4.98 Å². The van der Waals surface area contributed by atoms with Gasteiger partial charge in [-0.05, 0) is 25.1 Å². The zero-order valence-corrected chi connectivity index (χ0v) is 7.88. The van der Waals surface area contributed by atoms with Crippen molar-refractivity contribution in [3.8, 4) is 0 Å². The van der Waals surface area contributed by atoms with Crippen LogP contribution in [0.15, 0.2) is 30.5 Å². The number of nitrogens with one attached hydrogen (secondary N) is 1. The van der Waals surface area contributed by atoms with Gasteiger partial charge in [0.15, 0.2) is 0 Å². The Labute approximate surface area is 81.4 Å². The van der Waals surface area contributed by atoms with Crippen molar-refractivity contribution in [2.75, 3.05) is 5.32 Å². The molecule has 1 heterocycles. The summed E-state index contributed by atoms with van der Waals surface area (Å²) in [7, 11) is 0. The fourth-order valence-electron chi connectivity index (χ4n) is 0.769. The van der Waals surface area contributed by atoms with Crippen LogP contribution < -0.4 is 5.32 Å². The van der Waals surface area contributed by atoms with Crippen molar-refractivity contribution in [1.29, 1.82) is 0 Å². The van der Waals surface area contributed by atoms with Gasteiger partial charge in [-0.3, -0.25) is 4.79 Å². The minimum Gasteiger partial charge on any atom is -0.307 e. The minimum atomic E-state index is -0.197. The number of allylic oxidation sites excluding steroid dienone is 1. The third kappa shape index (κ3) is 3.25. The van der Waals surface area contributed by atoms with Crippen molar-refractivity contribution in [3.05, 3.63) is 35.5 Å². The van der Waals surface area contributed by atoms with E-state index in [0.717, 1.165) is 0 Å². The van der Waals surface area contributed by atoms with Crippen molar-refractivity contribution in [2.45, 2.75) is 6.92 Å². The number of aromatic nitrogens is 1. The average molecular weight is 197 g/mol. The lowest BCUT2D eigenvalue weighted by atomic mass is 10.4. The lowest BCUT2D eigenvalue weighted by Crippen LogP contribution is -2.08. The minimum absolute atomic E-state index is 0.197. The van der Waals surface area contributed by atoms with Crippen molar-refractivity contribution in [1.82, 2.24) is 4.98 Å². The molecule has 1 aromatic rings. The number of anilines is 1. The molecule has 0 aliphatic heterocycles. The molecule has 1 rings (SSSR count). The van der Waals surface area contributed by atoms with Crippen LogP contribution in [0.2, 0.25) is 5.02 Å². The quantitative estimate of drug-likeness (QED) is 0.738. The number of halogens is 1. The summed E-state index contributed by atoms with van der Waals surface area (Å²) in [5.41, 5.74) is 0. The summed E-state index contributed by atoms with van der Waals surface area (Å²) >= 11 is 5.62. The van der Waals surface area contributed by atoms with E-state index >= 15 is 0 Å². The first kappa shape index (κ1) is 9.74. The number of carbonyl (C=O) groups excluding carboxylic acids is 1. The third-order valence-electron chi connectivity index (χ3n) is 1.30. The van der Waals surface area contributed by atoms with E-state index in [1.807, 2.05) is 0 Å². The highest BCUT2D eigenvalue weighted by atomic mass is 35.5. The molecule has 4 heteroatoms. The van der Waals surface area contributed by atoms with E-state index in [1.54, 1.807) is 25.1 Å². The summed E-state index contributed by atoms with van der Waals surface area (Å²) in [5.74, 6) is 0.296. The maximum absolute atomic E-state index is 11.0. The number of pyridine rings is 1. The van der Waals surface area contributed by atoms with E-state index in [2.05, 4.69) is 10.3 Å². The molecule has 0 radical (unpaired) electrons. The Kier molecular flexibility index (Phi) is 3.46. The van der Waals surface area contributed by atoms with Gasteiger partial charge in [-0.2, -0.15) is 0 Å². The molecule has 1 N–H and O–H groups in total. The smallest absolute Gasteiger partial charge is 0.249 e. The standard InChI is InChI=1S/C9H9ClN2O/c1-2-3-9(13)12-8-5-4-7(10)6-11-8/h2-6H,1H3,(H,11,12,13). The first-order valence-electron chi connectivity index (χ1n) is 3.77. The van der Waals surface area contributed by atoms with Gasteiger partial charge in [-0.1, -0.05) is 17.7 Å². The first-order valence-corrected chi connectivity index (χ1v) is 4.15. The molecule has 0 spiro atoms. The van der Waals surface area contributed by atoms with E-state index in [0.29, 0.717) is 10.8 Å². The summed E-state index contributed by atoms with van der Waals surface area (Å²) in [6.45, 7) is 1.77. The number of rotatable bonds is 2.